The fourth-order valence-electron chi connectivity index (χ4n) is 1.73. The maximum atomic E-state index is 11.9. The Morgan fingerprint density at radius 2 is 2.05 bits per heavy atom. The van der Waals surface area contributed by atoms with Gasteiger partial charge in [0.1, 0.15) is 5.75 Å². The molecular formula is C16H27N3O2. The molecule has 21 heavy (non-hydrogen) atoms. The molecule has 5 heteroatoms. The molecule has 3 atom stereocenters. The van der Waals surface area contributed by atoms with Gasteiger partial charge in [0, 0.05) is 24.2 Å². The van der Waals surface area contributed by atoms with Crippen molar-refractivity contribution in [3.05, 3.63) is 24.0 Å². The zero-order chi connectivity index (χ0) is 15.8. The van der Waals surface area contributed by atoms with Gasteiger partial charge in [-0.05, 0) is 38.8 Å². The normalized spacial score (nSPS) is 15.1. The smallest absolute Gasteiger partial charge is 0.260 e. The molecule has 0 aliphatic rings. The molecule has 0 aliphatic carbocycles. The van der Waals surface area contributed by atoms with Gasteiger partial charge in [-0.1, -0.05) is 13.8 Å². The van der Waals surface area contributed by atoms with Gasteiger partial charge in [-0.25, -0.2) is 0 Å². The van der Waals surface area contributed by atoms with E-state index < -0.39 is 6.10 Å². The maximum absolute atomic E-state index is 11.9. The minimum absolute atomic E-state index is 0.110. The predicted molar refractivity (Wildman–Crippen MR) is 84.2 cm³/mol. The first-order valence-corrected chi connectivity index (χ1v) is 7.63. The van der Waals surface area contributed by atoms with Crippen molar-refractivity contribution in [2.45, 2.75) is 65.1 Å². The van der Waals surface area contributed by atoms with Gasteiger partial charge in [0.05, 0.1) is 6.20 Å². The van der Waals surface area contributed by atoms with Crippen LogP contribution >= 0.6 is 0 Å². The van der Waals surface area contributed by atoms with Crippen LogP contribution < -0.4 is 15.8 Å². The lowest BCUT2D eigenvalue weighted by molar-refractivity contribution is -0.127. The highest BCUT2D eigenvalue weighted by atomic mass is 16.5. The van der Waals surface area contributed by atoms with E-state index in [2.05, 4.69) is 17.2 Å². The van der Waals surface area contributed by atoms with Crippen LogP contribution in [0.1, 0.15) is 46.2 Å². The molecule has 0 bridgehead atoms. The third-order valence-electron chi connectivity index (χ3n) is 3.48. The first kappa shape index (κ1) is 17.4. The van der Waals surface area contributed by atoms with Crippen molar-refractivity contribution in [2.75, 3.05) is 0 Å². The number of aromatic nitrogens is 1. The first-order valence-electron chi connectivity index (χ1n) is 7.63. The summed E-state index contributed by atoms with van der Waals surface area (Å²) in [5, 5.41) is 2.89. The maximum Gasteiger partial charge on any atom is 0.260 e. The summed E-state index contributed by atoms with van der Waals surface area (Å²) in [6, 6.07) is 4.01. The minimum Gasteiger partial charge on any atom is -0.479 e. The molecule has 0 spiro atoms. The van der Waals surface area contributed by atoms with Crippen molar-refractivity contribution in [3.8, 4) is 5.75 Å². The van der Waals surface area contributed by atoms with Gasteiger partial charge < -0.3 is 15.8 Å². The quantitative estimate of drug-likeness (QED) is 0.769. The Labute approximate surface area is 127 Å². The number of carbonyl (C=O) groups excluding carboxylic acids is 1. The van der Waals surface area contributed by atoms with Gasteiger partial charge in [0.25, 0.3) is 5.91 Å². The van der Waals surface area contributed by atoms with Crippen LogP contribution in [0.25, 0.3) is 0 Å². The fourth-order valence-corrected chi connectivity index (χ4v) is 1.73. The van der Waals surface area contributed by atoms with Crippen LogP contribution in [0.5, 0.6) is 5.75 Å². The first-order chi connectivity index (χ1) is 9.96. The van der Waals surface area contributed by atoms with E-state index in [9.17, 15) is 4.79 Å². The lowest BCUT2D eigenvalue weighted by atomic mass is 10.1. The molecule has 0 radical (unpaired) electrons. The van der Waals surface area contributed by atoms with E-state index in [-0.39, 0.29) is 18.0 Å². The predicted octanol–water partition coefficient (Wildman–Crippen LogP) is 2.04. The number of hydrogen-bond donors (Lipinski definition) is 2. The molecule has 1 aromatic heterocycles. The number of nitrogens with two attached hydrogens (primary N) is 1. The monoisotopic (exact) mass is 293 g/mol. The molecule has 5 nitrogen and oxygen atoms in total. The number of pyridine rings is 1. The second-order valence-electron chi connectivity index (χ2n) is 5.44. The molecule has 1 heterocycles. The second kappa shape index (κ2) is 8.62. The molecule has 0 aliphatic heterocycles. The van der Waals surface area contributed by atoms with Gasteiger partial charge in [-0.3, -0.25) is 9.78 Å². The van der Waals surface area contributed by atoms with Crippen LogP contribution in [0.4, 0.5) is 0 Å². The molecule has 0 saturated carbocycles. The summed E-state index contributed by atoms with van der Waals surface area (Å²) in [5.41, 5.74) is 6.84. The Hall–Kier alpha value is -1.62. The average molecular weight is 293 g/mol. The zero-order valence-electron chi connectivity index (χ0n) is 13.4. The van der Waals surface area contributed by atoms with Gasteiger partial charge in [-0.2, -0.15) is 0 Å². The Morgan fingerprint density at radius 3 is 2.57 bits per heavy atom. The van der Waals surface area contributed by atoms with Crippen LogP contribution in [0.2, 0.25) is 0 Å². The van der Waals surface area contributed by atoms with Crippen molar-refractivity contribution in [3.63, 3.8) is 0 Å². The third-order valence-corrected chi connectivity index (χ3v) is 3.48. The number of hydrogen-bond acceptors (Lipinski definition) is 4. The number of carbonyl (C=O) groups is 1. The van der Waals surface area contributed by atoms with E-state index in [1.54, 1.807) is 13.1 Å². The molecule has 0 fully saturated rings. The van der Waals surface area contributed by atoms with E-state index >= 15 is 0 Å². The summed E-state index contributed by atoms with van der Waals surface area (Å²) in [5.74, 6) is 0.483. The molecule has 0 aromatic carbocycles. The van der Waals surface area contributed by atoms with Crippen LogP contribution in [0.15, 0.2) is 18.3 Å². The second-order valence-corrected chi connectivity index (χ2v) is 5.44. The van der Waals surface area contributed by atoms with Gasteiger partial charge >= 0.3 is 0 Å². The summed E-state index contributed by atoms with van der Waals surface area (Å²) >= 11 is 0. The summed E-state index contributed by atoms with van der Waals surface area (Å²) in [6.07, 6.45) is 3.68. The summed E-state index contributed by atoms with van der Waals surface area (Å²) in [6.45, 7) is 7.79. The lowest BCUT2D eigenvalue weighted by Gasteiger charge is -2.17. The zero-order valence-corrected chi connectivity index (χ0v) is 13.4. The molecule has 0 saturated heterocycles. The number of nitrogens with zero attached hydrogens (tertiary/aromatic N) is 1. The largest absolute Gasteiger partial charge is 0.479 e. The molecular weight excluding hydrogens is 266 g/mol. The topological polar surface area (TPSA) is 77.2 Å². The Balaban J connectivity index is 2.53. The lowest BCUT2D eigenvalue weighted by Crippen LogP contribution is -2.41. The molecule has 1 rings (SSSR count). The molecule has 3 N–H and O–H groups in total. The highest BCUT2D eigenvalue weighted by molar-refractivity contribution is 5.80. The molecule has 1 amide bonds. The van der Waals surface area contributed by atoms with Crippen LogP contribution in [-0.2, 0) is 11.2 Å². The number of amides is 1. The summed E-state index contributed by atoms with van der Waals surface area (Å²) in [7, 11) is 0. The average Bonchev–Trinajstić information content (AvgIpc) is 2.48. The minimum atomic E-state index is -0.537. The highest BCUT2D eigenvalue weighted by Crippen LogP contribution is 2.12. The Morgan fingerprint density at radius 1 is 1.33 bits per heavy atom. The number of nitrogens with one attached hydrogen (secondary N) is 1. The number of ether oxygens (including phenoxy) is 1. The van der Waals surface area contributed by atoms with Crippen molar-refractivity contribution in [1.82, 2.24) is 10.3 Å². The Kier molecular flexibility index (Phi) is 7.15. The van der Waals surface area contributed by atoms with E-state index in [4.69, 9.17) is 10.5 Å². The standard InChI is InChI=1S/C16H27N3O2/c1-5-11(3)19-16(20)12(4)21-15-8-7-14(18-10-15)9-13(17)6-2/h7-8,10-13H,5-6,9,17H2,1-4H3,(H,19,20). The molecule has 118 valence electrons. The summed E-state index contributed by atoms with van der Waals surface area (Å²) < 4.78 is 5.60. The molecule has 1 aromatic rings. The van der Waals surface area contributed by atoms with E-state index in [0.717, 1.165) is 25.0 Å². The van der Waals surface area contributed by atoms with Crippen molar-refractivity contribution < 1.29 is 9.53 Å². The van der Waals surface area contributed by atoms with Crippen molar-refractivity contribution in [2.24, 2.45) is 5.73 Å². The van der Waals surface area contributed by atoms with Gasteiger partial charge in [0.2, 0.25) is 0 Å². The third kappa shape index (κ3) is 6.12. The van der Waals surface area contributed by atoms with Crippen LogP contribution in [0.3, 0.4) is 0 Å². The van der Waals surface area contributed by atoms with E-state index in [0.29, 0.717) is 5.75 Å². The SMILES string of the molecule is CCC(N)Cc1ccc(OC(C)C(=O)NC(C)CC)cn1. The van der Waals surface area contributed by atoms with Crippen molar-refractivity contribution in [1.29, 1.82) is 0 Å². The van der Waals surface area contributed by atoms with Crippen LogP contribution in [-0.4, -0.2) is 29.1 Å². The van der Waals surface area contributed by atoms with Crippen LogP contribution in [0, 0.1) is 0 Å². The number of rotatable bonds is 8. The highest BCUT2D eigenvalue weighted by Gasteiger charge is 2.16. The van der Waals surface area contributed by atoms with Gasteiger partial charge in [-0.15, -0.1) is 0 Å². The van der Waals surface area contributed by atoms with Crippen molar-refractivity contribution >= 4 is 5.91 Å². The fraction of sp³-hybridized carbons (Fsp3) is 0.625. The van der Waals surface area contributed by atoms with E-state index in [1.165, 1.54) is 0 Å². The Bertz CT molecular complexity index is 434. The molecule has 3 unspecified atom stereocenters. The summed E-state index contributed by atoms with van der Waals surface area (Å²) in [4.78, 5) is 16.2. The van der Waals surface area contributed by atoms with E-state index in [1.807, 2.05) is 26.0 Å². The van der Waals surface area contributed by atoms with Gasteiger partial charge in [0.15, 0.2) is 6.10 Å².